The second kappa shape index (κ2) is 11.7. The molecule has 0 aromatic heterocycles. The number of nitrogens with one attached hydrogen (secondary N) is 2. The maximum atomic E-state index is 12.5. The molecule has 0 saturated carbocycles. The lowest BCUT2D eigenvalue weighted by Crippen LogP contribution is -2.13. The largest absolute Gasteiger partial charge is 0.478 e. The first-order valence-corrected chi connectivity index (χ1v) is 11.4. The van der Waals surface area contributed by atoms with Gasteiger partial charge >= 0.3 is 11.9 Å². The van der Waals surface area contributed by atoms with Gasteiger partial charge in [-0.15, -0.1) is 0 Å². The molecule has 0 unspecified atom stereocenters. The van der Waals surface area contributed by atoms with Crippen molar-refractivity contribution in [1.82, 2.24) is 0 Å². The van der Waals surface area contributed by atoms with E-state index in [0.29, 0.717) is 0 Å². The van der Waals surface area contributed by atoms with E-state index in [0.717, 1.165) is 12.1 Å². The van der Waals surface area contributed by atoms with Gasteiger partial charge in [-0.05, 0) is 50.2 Å². The van der Waals surface area contributed by atoms with Crippen LogP contribution < -0.4 is 10.6 Å². The molecule has 0 atom stereocenters. The molecule has 0 aliphatic carbocycles. The van der Waals surface area contributed by atoms with Crippen LogP contribution in [0.2, 0.25) is 0 Å². The van der Waals surface area contributed by atoms with E-state index in [4.69, 9.17) is 0 Å². The van der Waals surface area contributed by atoms with Gasteiger partial charge in [0.2, 0.25) is 0 Å². The second-order valence-corrected chi connectivity index (χ2v) is 8.50. The zero-order chi connectivity index (χ0) is 28.0. The summed E-state index contributed by atoms with van der Waals surface area (Å²) in [5.41, 5.74) is -0.198. The molecular weight excluding hydrogens is 492 g/mol. The molecule has 3 aromatic carbocycles. The molecule has 0 aliphatic heterocycles. The molecule has 0 heterocycles. The molecule has 0 aliphatic rings. The zero-order valence-corrected chi connectivity index (χ0v) is 20.5. The average molecular weight is 517 g/mol. The fourth-order valence-electron chi connectivity index (χ4n) is 3.76. The van der Waals surface area contributed by atoms with Gasteiger partial charge in [-0.2, -0.15) is 0 Å². The van der Waals surface area contributed by atoms with Crippen molar-refractivity contribution >= 4 is 57.8 Å². The molecule has 3 rings (SSSR count). The maximum absolute atomic E-state index is 12.5. The van der Waals surface area contributed by atoms with Crippen molar-refractivity contribution < 1.29 is 39.0 Å². The normalized spacial score (nSPS) is 10.4. The van der Waals surface area contributed by atoms with Crippen molar-refractivity contribution in [2.45, 2.75) is 26.7 Å². The Morgan fingerprint density at radius 2 is 0.895 bits per heavy atom. The molecule has 3 aromatic rings. The number of hydrogen-bond acceptors (Lipinski definition) is 8. The summed E-state index contributed by atoms with van der Waals surface area (Å²) in [5, 5.41) is 25.4. The van der Waals surface area contributed by atoms with Gasteiger partial charge in [-0.3, -0.25) is 19.2 Å². The lowest BCUT2D eigenvalue weighted by molar-refractivity contribution is -0.117. The zero-order valence-electron chi connectivity index (χ0n) is 20.5. The highest BCUT2D eigenvalue weighted by Crippen LogP contribution is 2.33. The van der Waals surface area contributed by atoms with E-state index in [1.54, 1.807) is 24.3 Å². The van der Waals surface area contributed by atoms with Crippen LogP contribution in [0.25, 0.3) is 0 Å². The lowest BCUT2D eigenvalue weighted by atomic mass is 10.0. The first kappa shape index (κ1) is 27.5. The van der Waals surface area contributed by atoms with Gasteiger partial charge in [-0.1, -0.05) is 24.3 Å². The van der Waals surface area contributed by atoms with Crippen LogP contribution >= 0.6 is 0 Å². The highest BCUT2D eigenvalue weighted by atomic mass is 16.4. The number of carbonyl (C=O) groups is 6. The lowest BCUT2D eigenvalue weighted by Gasteiger charge is -2.18. The number of benzene rings is 3. The Morgan fingerprint density at radius 3 is 1.21 bits per heavy atom. The Hall–Kier alpha value is -5.12. The van der Waals surface area contributed by atoms with Crippen LogP contribution in [-0.2, 0) is 9.59 Å². The van der Waals surface area contributed by atoms with Crippen LogP contribution in [0, 0.1) is 0 Å². The first-order chi connectivity index (χ1) is 18.0. The van der Waals surface area contributed by atoms with Crippen LogP contribution in [0.1, 0.15) is 68.1 Å². The average Bonchev–Trinajstić information content (AvgIpc) is 2.84. The van der Waals surface area contributed by atoms with E-state index in [-0.39, 0.29) is 69.4 Å². The number of rotatable bonds is 12. The maximum Gasteiger partial charge on any atom is 0.337 e. The Labute approximate surface area is 217 Å². The third-order valence-corrected chi connectivity index (χ3v) is 5.43. The number of aromatic carboxylic acids is 2. The fourth-order valence-corrected chi connectivity index (χ4v) is 3.76. The fraction of sp³-hybridized carbons (Fsp3) is 0.143. The van der Waals surface area contributed by atoms with Crippen molar-refractivity contribution in [2.75, 3.05) is 10.6 Å². The van der Waals surface area contributed by atoms with Gasteiger partial charge in [-0.25, -0.2) is 9.59 Å². The molecular formula is C28H24N2O8. The van der Waals surface area contributed by atoms with Gasteiger partial charge in [0, 0.05) is 22.5 Å². The van der Waals surface area contributed by atoms with Crippen molar-refractivity contribution in [3.63, 3.8) is 0 Å². The number of anilines is 4. The number of hydrogen-bond donors (Lipinski definition) is 4. The molecule has 0 bridgehead atoms. The summed E-state index contributed by atoms with van der Waals surface area (Å²) in [4.78, 5) is 72.2. The Balaban J connectivity index is 2.09. The highest BCUT2D eigenvalue weighted by molar-refractivity contribution is 6.12. The van der Waals surface area contributed by atoms with E-state index in [1.165, 1.54) is 38.1 Å². The Bertz CT molecular complexity index is 1360. The summed E-state index contributed by atoms with van der Waals surface area (Å²) < 4.78 is 0. The first-order valence-electron chi connectivity index (χ1n) is 11.4. The standard InChI is InChI=1S/C28H24N2O8/c1-15(31)11-25(33)17-7-3-5-9-21(17)29-23-13-20(28(37)38)24(14-19(23)27(35)36)30-22-10-6-4-8-18(22)26(34)12-16(2)32/h3-10,13-14,29-30H,11-12H2,1-2H3,(H,35,36)(H,37,38). The molecule has 0 radical (unpaired) electrons. The topological polar surface area (TPSA) is 167 Å². The summed E-state index contributed by atoms with van der Waals surface area (Å²) >= 11 is 0. The monoisotopic (exact) mass is 516 g/mol. The highest BCUT2D eigenvalue weighted by Gasteiger charge is 2.22. The van der Waals surface area contributed by atoms with E-state index < -0.39 is 23.5 Å². The Kier molecular flexibility index (Phi) is 8.49. The number of carboxylic acids is 2. The van der Waals surface area contributed by atoms with Gasteiger partial charge in [0.05, 0.1) is 35.3 Å². The predicted octanol–water partition coefficient (Wildman–Crippen LogP) is 4.89. The van der Waals surface area contributed by atoms with E-state index in [1.807, 2.05) is 0 Å². The second-order valence-electron chi connectivity index (χ2n) is 8.50. The Morgan fingerprint density at radius 1 is 0.553 bits per heavy atom. The molecule has 194 valence electrons. The number of para-hydroxylation sites is 2. The third kappa shape index (κ3) is 6.55. The SMILES string of the molecule is CC(=O)CC(=O)c1ccccc1Nc1cc(C(=O)O)c(Nc2ccccc2C(=O)CC(C)=O)cc1C(=O)O. The molecule has 0 spiro atoms. The third-order valence-electron chi connectivity index (χ3n) is 5.43. The molecule has 0 saturated heterocycles. The summed E-state index contributed by atoms with van der Waals surface area (Å²) in [5.74, 6) is -4.44. The molecule has 4 N–H and O–H groups in total. The van der Waals surface area contributed by atoms with Crippen molar-refractivity contribution in [2.24, 2.45) is 0 Å². The molecule has 0 amide bonds. The summed E-state index contributed by atoms with van der Waals surface area (Å²) in [6, 6.07) is 14.5. The summed E-state index contributed by atoms with van der Waals surface area (Å²) in [6.07, 6.45) is -0.703. The van der Waals surface area contributed by atoms with Crippen LogP contribution in [0.4, 0.5) is 22.7 Å². The van der Waals surface area contributed by atoms with Crippen LogP contribution in [-0.4, -0.2) is 45.3 Å². The van der Waals surface area contributed by atoms with E-state index >= 15 is 0 Å². The minimum Gasteiger partial charge on any atom is -0.478 e. The van der Waals surface area contributed by atoms with Gasteiger partial charge in [0.25, 0.3) is 0 Å². The van der Waals surface area contributed by atoms with Crippen molar-refractivity contribution in [3.05, 3.63) is 82.9 Å². The van der Waals surface area contributed by atoms with Crippen molar-refractivity contribution in [3.8, 4) is 0 Å². The summed E-state index contributed by atoms with van der Waals surface area (Å²) in [6.45, 7) is 2.54. The number of ketones is 4. The number of Topliss-reactive ketones (excluding diaryl/α,β-unsaturated/α-hetero) is 4. The van der Waals surface area contributed by atoms with E-state index in [2.05, 4.69) is 10.6 Å². The quantitative estimate of drug-likeness (QED) is 0.192. The molecule has 0 fully saturated rings. The smallest absolute Gasteiger partial charge is 0.337 e. The van der Waals surface area contributed by atoms with Gasteiger partial charge in [0.15, 0.2) is 11.6 Å². The number of carboxylic acid groups (broad SMARTS) is 2. The van der Waals surface area contributed by atoms with Crippen LogP contribution in [0.3, 0.4) is 0 Å². The van der Waals surface area contributed by atoms with Crippen LogP contribution in [0.15, 0.2) is 60.7 Å². The number of carbonyl (C=O) groups excluding carboxylic acids is 4. The van der Waals surface area contributed by atoms with Crippen molar-refractivity contribution in [1.29, 1.82) is 0 Å². The molecule has 38 heavy (non-hydrogen) atoms. The summed E-state index contributed by atoms with van der Waals surface area (Å²) in [7, 11) is 0. The van der Waals surface area contributed by atoms with Crippen LogP contribution in [0.5, 0.6) is 0 Å². The molecule has 10 heteroatoms. The van der Waals surface area contributed by atoms with Gasteiger partial charge in [0.1, 0.15) is 11.6 Å². The molecule has 10 nitrogen and oxygen atoms in total. The van der Waals surface area contributed by atoms with E-state index in [9.17, 15) is 39.0 Å². The minimum atomic E-state index is -1.39. The minimum absolute atomic E-state index is 0.107. The van der Waals surface area contributed by atoms with Gasteiger partial charge < -0.3 is 20.8 Å². The predicted molar refractivity (Wildman–Crippen MR) is 139 cm³/mol.